The smallest absolute Gasteiger partial charge is 0.246 e. The molecule has 0 unspecified atom stereocenters. The van der Waals surface area contributed by atoms with Crippen molar-refractivity contribution in [2.75, 3.05) is 12.4 Å². The molecule has 3 aromatic rings. The lowest BCUT2D eigenvalue weighted by molar-refractivity contribution is -0.116. The largest absolute Gasteiger partial charge is 0.497 e. The number of hydrogen-bond donors (Lipinski definition) is 1. The van der Waals surface area contributed by atoms with Crippen molar-refractivity contribution >= 4 is 23.8 Å². The van der Waals surface area contributed by atoms with E-state index in [9.17, 15) is 4.79 Å². The summed E-state index contributed by atoms with van der Waals surface area (Å²) in [6, 6.07) is 10.9. The third kappa shape index (κ3) is 3.32. The third-order valence-electron chi connectivity index (χ3n) is 3.22. The molecule has 2 heterocycles. The molecule has 0 aliphatic carbocycles. The number of carbonyl (C=O) groups is 1. The molecule has 0 aliphatic rings. The van der Waals surface area contributed by atoms with Gasteiger partial charge < -0.3 is 10.1 Å². The Bertz CT molecular complexity index is 849. The van der Waals surface area contributed by atoms with Crippen molar-refractivity contribution in [2.24, 2.45) is 0 Å². The van der Waals surface area contributed by atoms with E-state index in [1.807, 2.05) is 24.5 Å². The van der Waals surface area contributed by atoms with Crippen LogP contribution in [0.1, 0.15) is 0 Å². The molecule has 118 valence electrons. The molecule has 1 N–H and O–H groups in total. The minimum Gasteiger partial charge on any atom is -0.497 e. The molecule has 8 heteroatoms. The van der Waals surface area contributed by atoms with Crippen LogP contribution in [0, 0.1) is 4.77 Å². The van der Waals surface area contributed by atoms with Crippen LogP contribution in [-0.2, 0) is 11.3 Å². The fourth-order valence-electron chi connectivity index (χ4n) is 2.08. The van der Waals surface area contributed by atoms with Crippen LogP contribution in [0.2, 0.25) is 0 Å². The van der Waals surface area contributed by atoms with Gasteiger partial charge in [0.15, 0.2) is 0 Å². The number of aromatic nitrogens is 4. The van der Waals surface area contributed by atoms with Gasteiger partial charge in [0.2, 0.25) is 10.7 Å². The standard InChI is InChI=1S/C15H15N5O2S/c1-22-13-6-4-12(5-7-13)17-14(21)10-19-15(23)20(11-16-19)18-8-2-3-9-18/h2-9,11H,10H2,1H3,(H,17,21). The zero-order chi connectivity index (χ0) is 16.2. The molecule has 0 spiro atoms. The average Bonchev–Trinajstić information content (AvgIpc) is 3.19. The van der Waals surface area contributed by atoms with Crippen molar-refractivity contribution < 1.29 is 9.53 Å². The molecule has 0 saturated carbocycles. The van der Waals surface area contributed by atoms with E-state index >= 15 is 0 Å². The molecule has 0 bridgehead atoms. The second kappa shape index (κ2) is 6.49. The molecular weight excluding hydrogens is 314 g/mol. The fourth-order valence-corrected chi connectivity index (χ4v) is 2.33. The summed E-state index contributed by atoms with van der Waals surface area (Å²) in [5.41, 5.74) is 0.687. The van der Waals surface area contributed by atoms with Gasteiger partial charge in [0, 0.05) is 18.1 Å². The number of anilines is 1. The Hall–Kier alpha value is -2.87. The van der Waals surface area contributed by atoms with Crippen molar-refractivity contribution in [2.45, 2.75) is 6.54 Å². The summed E-state index contributed by atoms with van der Waals surface area (Å²) in [6.45, 7) is 0.0408. The lowest BCUT2D eigenvalue weighted by Crippen LogP contribution is -2.20. The molecule has 0 fully saturated rings. The van der Waals surface area contributed by atoms with Crippen molar-refractivity contribution in [3.8, 4) is 5.75 Å². The zero-order valence-corrected chi connectivity index (χ0v) is 13.2. The number of nitrogens with zero attached hydrogens (tertiary/aromatic N) is 4. The molecule has 3 rings (SSSR count). The Balaban J connectivity index is 1.69. The molecule has 2 aromatic heterocycles. The third-order valence-corrected chi connectivity index (χ3v) is 3.62. The van der Waals surface area contributed by atoms with Gasteiger partial charge in [0.1, 0.15) is 18.6 Å². The second-order valence-electron chi connectivity index (χ2n) is 4.76. The highest BCUT2D eigenvalue weighted by Gasteiger charge is 2.08. The first-order valence-corrected chi connectivity index (χ1v) is 7.30. The predicted molar refractivity (Wildman–Crippen MR) is 87.9 cm³/mol. The summed E-state index contributed by atoms with van der Waals surface area (Å²) in [6.07, 6.45) is 5.27. The van der Waals surface area contributed by atoms with Crippen LogP contribution in [0.4, 0.5) is 5.69 Å². The van der Waals surface area contributed by atoms with Crippen molar-refractivity contribution in [1.29, 1.82) is 0 Å². The molecule has 7 nitrogen and oxygen atoms in total. The van der Waals surface area contributed by atoms with Crippen LogP contribution in [0.25, 0.3) is 0 Å². The summed E-state index contributed by atoms with van der Waals surface area (Å²) in [7, 11) is 1.59. The molecule has 0 saturated heterocycles. The van der Waals surface area contributed by atoms with E-state index in [-0.39, 0.29) is 12.5 Å². The van der Waals surface area contributed by atoms with Gasteiger partial charge in [-0.3, -0.25) is 9.47 Å². The molecule has 23 heavy (non-hydrogen) atoms. The van der Waals surface area contributed by atoms with Crippen molar-refractivity contribution in [1.82, 2.24) is 19.1 Å². The molecular formula is C15H15N5O2S. The van der Waals surface area contributed by atoms with Crippen molar-refractivity contribution in [3.05, 3.63) is 59.9 Å². The maximum Gasteiger partial charge on any atom is 0.246 e. The Kier molecular flexibility index (Phi) is 4.24. The lowest BCUT2D eigenvalue weighted by atomic mass is 10.3. The number of nitrogens with one attached hydrogen (secondary N) is 1. The number of carbonyl (C=O) groups excluding carboxylic acids is 1. The summed E-state index contributed by atoms with van der Waals surface area (Å²) in [5.74, 6) is 0.528. The quantitative estimate of drug-likeness (QED) is 0.729. The predicted octanol–water partition coefficient (Wildman–Crippen LogP) is 2.17. The van der Waals surface area contributed by atoms with Gasteiger partial charge in [-0.2, -0.15) is 5.10 Å². The van der Waals surface area contributed by atoms with Crippen LogP contribution in [0.15, 0.2) is 55.1 Å². The molecule has 1 aromatic carbocycles. The first-order valence-electron chi connectivity index (χ1n) is 6.89. The van der Waals surface area contributed by atoms with Gasteiger partial charge in [0.25, 0.3) is 0 Å². The molecule has 0 radical (unpaired) electrons. The zero-order valence-electron chi connectivity index (χ0n) is 12.4. The fraction of sp³-hybridized carbons (Fsp3) is 0.133. The number of benzene rings is 1. The maximum atomic E-state index is 12.1. The summed E-state index contributed by atoms with van der Waals surface area (Å²) >= 11 is 5.34. The minimum atomic E-state index is -0.205. The summed E-state index contributed by atoms with van der Waals surface area (Å²) in [4.78, 5) is 12.1. The Morgan fingerprint density at radius 3 is 2.61 bits per heavy atom. The SMILES string of the molecule is COc1ccc(NC(=O)Cn2ncn(-n3cccc3)c2=S)cc1. The van der Waals surface area contributed by atoms with Crippen LogP contribution in [0.5, 0.6) is 5.75 Å². The summed E-state index contributed by atoms with van der Waals surface area (Å²) in [5, 5.41) is 6.95. The summed E-state index contributed by atoms with van der Waals surface area (Å²) < 4.78 is 10.4. The van der Waals surface area contributed by atoms with E-state index in [0.29, 0.717) is 10.5 Å². The van der Waals surface area contributed by atoms with Gasteiger partial charge in [-0.15, -0.1) is 0 Å². The Morgan fingerprint density at radius 1 is 1.26 bits per heavy atom. The number of ether oxygens (including phenoxy) is 1. The van der Waals surface area contributed by atoms with Crippen LogP contribution in [-0.4, -0.2) is 32.1 Å². The maximum absolute atomic E-state index is 12.1. The van der Waals surface area contributed by atoms with Gasteiger partial charge in [-0.05, 0) is 48.6 Å². The normalized spacial score (nSPS) is 10.5. The average molecular weight is 329 g/mol. The molecule has 1 amide bonds. The highest BCUT2D eigenvalue weighted by Crippen LogP contribution is 2.14. The Labute approximate surface area is 137 Å². The molecule has 0 aliphatic heterocycles. The van der Waals surface area contributed by atoms with Crippen LogP contribution < -0.4 is 10.1 Å². The number of rotatable bonds is 5. The first-order chi connectivity index (χ1) is 11.2. The van der Waals surface area contributed by atoms with Gasteiger partial charge in [-0.1, -0.05) is 0 Å². The number of hydrogen-bond acceptors (Lipinski definition) is 4. The highest BCUT2D eigenvalue weighted by molar-refractivity contribution is 7.71. The first kappa shape index (κ1) is 15.0. The van der Waals surface area contributed by atoms with E-state index < -0.39 is 0 Å². The van der Waals surface area contributed by atoms with E-state index in [1.165, 1.54) is 4.68 Å². The van der Waals surface area contributed by atoms with Crippen LogP contribution >= 0.6 is 12.2 Å². The van der Waals surface area contributed by atoms with E-state index in [2.05, 4.69) is 10.4 Å². The van der Waals surface area contributed by atoms with Crippen LogP contribution in [0.3, 0.4) is 0 Å². The number of methoxy groups -OCH3 is 1. The highest BCUT2D eigenvalue weighted by atomic mass is 32.1. The second-order valence-corrected chi connectivity index (χ2v) is 5.12. The van der Waals surface area contributed by atoms with Crippen molar-refractivity contribution in [3.63, 3.8) is 0 Å². The van der Waals surface area contributed by atoms with E-state index in [1.54, 1.807) is 47.1 Å². The lowest BCUT2D eigenvalue weighted by Gasteiger charge is -2.06. The molecule has 0 atom stereocenters. The van der Waals surface area contributed by atoms with Gasteiger partial charge in [-0.25, -0.2) is 9.36 Å². The monoisotopic (exact) mass is 329 g/mol. The van der Waals surface area contributed by atoms with E-state index in [0.717, 1.165) is 5.75 Å². The van der Waals surface area contributed by atoms with E-state index in [4.69, 9.17) is 17.0 Å². The number of amides is 1. The topological polar surface area (TPSA) is 66.0 Å². The van der Waals surface area contributed by atoms with Gasteiger partial charge in [0.05, 0.1) is 7.11 Å². The van der Waals surface area contributed by atoms with Gasteiger partial charge >= 0.3 is 0 Å². The Morgan fingerprint density at radius 2 is 1.96 bits per heavy atom. The minimum absolute atomic E-state index is 0.0408.